The first-order valence-electron chi connectivity index (χ1n) is 8.98. The van der Waals surface area contributed by atoms with Gasteiger partial charge in [0, 0.05) is 30.4 Å². The number of fused-ring (bicyclic) bond motifs is 1. The fraction of sp³-hybridized carbons (Fsp3) is 0.450. The number of rotatable bonds is 5. The van der Waals surface area contributed by atoms with E-state index in [0.29, 0.717) is 25.5 Å². The molecule has 1 unspecified atom stereocenters. The summed E-state index contributed by atoms with van der Waals surface area (Å²) in [5, 5.41) is 3.08. The summed E-state index contributed by atoms with van der Waals surface area (Å²) in [6.07, 6.45) is 7.62. The zero-order valence-electron chi connectivity index (χ0n) is 14.5. The quantitative estimate of drug-likeness (QED) is 0.911. The van der Waals surface area contributed by atoms with Gasteiger partial charge in [-0.2, -0.15) is 0 Å². The van der Waals surface area contributed by atoms with Gasteiger partial charge in [-0.15, -0.1) is 0 Å². The molecule has 1 fully saturated rings. The molecule has 1 N–H and O–H groups in total. The normalized spacial score (nSPS) is 22.0. The van der Waals surface area contributed by atoms with Crippen molar-refractivity contribution in [3.05, 3.63) is 53.6 Å². The second-order valence-electron chi connectivity index (χ2n) is 7.16. The number of para-hydroxylation sites is 1. The summed E-state index contributed by atoms with van der Waals surface area (Å²) in [5.74, 6) is 2.40. The molecule has 5 nitrogen and oxygen atoms in total. The zero-order valence-corrected chi connectivity index (χ0v) is 14.5. The van der Waals surface area contributed by atoms with E-state index in [1.54, 1.807) is 0 Å². The van der Waals surface area contributed by atoms with Crippen LogP contribution in [0.5, 0.6) is 5.75 Å². The molecular weight excluding hydrogens is 314 g/mol. The van der Waals surface area contributed by atoms with E-state index < -0.39 is 5.41 Å². The van der Waals surface area contributed by atoms with E-state index in [4.69, 9.17) is 4.74 Å². The van der Waals surface area contributed by atoms with Crippen LogP contribution in [0.3, 0.4) is 0 Å². The van der Waals surface area contributed by atoms with E-state index >= 15 is 0 Å². The lowest BCUT2D eigenvalue weighted by molar-refractivity contribution is -0.127. The molecule has 1 saturated carbocycles. The molecule has 2 aliphatic rings. The minimum Gasteiger partial charge on any atom is -0.493 e. The zero-order chi connectivity index (χ0) is 17.3. The molecule has 1 atom stereocenters. The molecule has 130 valence electrons. The second-order valence-corrected chi connectivity index (χ2v) is 7.16. The maximum absolute atomic E-state index is 12.8. The first-order chi connectivity index (χ1) is 12.2. The Labute approximate surface area is 147 Å². The van der Waals surface area contributed by atoms with E-state index in [9.17, 15) is 4.79 Å². The van der Waals surface area contributed by atoms with Crippen molar-refractivity contribution in [2.75, 3.05) is 13.2 Å². The molecule has 2 heterocycles. The van der Waals surface area contributed by atoms with Gasteiger partial charge in [-0.25, -0.2) is 9.97 Å². The van der Waals surface area contributed by atoms with Gasteiger partial charge in [0.15, 0.2) is 0 Å². The average Bonchev–Trinajstić information content (AvgIpc) is 3.48. The molecule has 25 heavy (non-hydrogen) atoms. The highest BCUT2D eigenvalue weighted by Gasteiger charge is 2.39. The van der Waals surface area contributed by atoms with Gasteiger partial charge in [0.25, 0.3) is 0 Å². The minimum absolute atomic E-state index is 0.0544. The van der Waals surface area contributed by atoms with Gasteiger partial charge in [0.05, 0.1) is 12.0 Å². The molecule has 0 radical (unpaired) electrons. The maximum atomic E-state index is 12.8. The molecular formula is C20H23N3O2. The van der Waals surface area contributed by atoms with Crippen LogP contribution in [0.1, 0.15) is 49.1 Å². The topological polar surface area (TPSA) is 64.1 Å². The van der Waals surface area contributed by atoms with Gasteiger partial charge >= 0.3 is 0 Å². The summed E-state index contributed by atoms with van der Waals surface area (Å²) >= 11 is 0. The van der Waals surface area contributed by atoms with Crippen LogP contribution in [0.25, 0.3) is 0 Å². The predicted molar refractivity (Wildman–Crippen MR) is 94.6 cm³/mol. The fourth-order valence-corrected chi connectivity index (χ4v) is 3.35. The molecule has 1 aliphatic carbocycles. The number of hydrogen-bond acceptors (Lipinski definition) is 4. The van der Waals surface area contributed by atoms with Crippen molar-refractivity contribution in [3.63, 3.8) is 0 Å². The molecule has 1 amide bonds. The highest BCUT2D eigenvalue weighted by atomic mass is 16.5. The Morgan fingerprint density at radius 2 is 2.04 bits per heavy atom. The number of carbonyl (C=O) groups is 1. The average molecular weight is 337 g/mol. The Bertz CT molecular complexity index is 771. The molecule has 4 rings (SSSR count). The Balaban J connectivity index is 1.37. The summed E-state index contributed by atoms with van der Waals surface area (Å²) in [6.45, 7) is 3.15. The van der Waals surface area contributed by atoms with Crippen LogP contribution in [-0.4, -0.2) is 29.0 Å². The molecule has 2 aromatic rings. The van der Waals surface area contributed by atoms with Crippen LogP contribution in [0, 0.1) is 0 Å². The SMILES string of the molecule is CC1(C(=O)NCCc2cnc(C3CC3)nc2)CCOc2ccccc21. The molecule has 1 aromatic heterocycles. The summed E-state index contributed by atoms with van der Waals surface area (Å²) in [5.41, 5.74) is 1.49. The minimum atomic E-state index is -0.541. The van der Waals surface area contributed by atoms with Crippen LogP contribution in [0.15, 0.2) is 36.7 Å². The predicted octanol–water partition coefficient (Wildman–Crippen LogP) is 2.75. The number of ether oxygens (including phenoxy) is 1. The molecule has 0 spiro atoms. The van der Waals surface area contributed by atoms with Crippen LogP contribution in [0.4, 0.5) is 0 Å². The van der Waals surface area contributed by atoms with E-state index in [-0.39, 0.29) is 5.91 Å². The van der Waals surface area contributed by atoms with Gasteiger partial charge in [-0.1, -0.05) is 18.2 Å². The summed E-state index contributed by atoms with van der Waals surface area (Å²) < 4.78 is 5.68. The number of amides is 1. The molecule has 0 bridgehead atoms. The lowest BCUT2D eigenvalue weighted by Crippen LogP contribution is -2.45. The molecule has 0 saturated heterocycles. The second kappa shape index (κ2) is 6.47. The standard InChI is InChI=1S/C20H23N3O2/c1-20(9-11-25-17-5-3-2-4-16(17)20)19(24)21-10-8-14-12-22-18(23-13-14)15-6-7-15/h2-5,12-13,15H,6-11H2,1H3,(H,21,24). The third-order valence-corrected chi connectivity index (χ3v) is 5.21. The summed E-state index contributed by atoms with van der Waals surface area (Å²) in [4.78, 5) is 21.7. The highest BCUT2D eigenvalue weighted by molar-refractivity contribution is 5.88. The number of aromatic nitrogens is 2. The Hall–Kier alpha value is -2.43. The molecule has 5 heteroatoms. The van der Waals surface area contributed by atoms with Crippen LogP contribution >= 0.6 is 0 Å². The first kappa shape index (κ1) is 16.1. The molecule has 1 aliphatic heterocycles. The third-order valence-electron chi connectivity index (χ3n) is 5.21. The van der Waals surface area contributed by atoms with E-state index in [1.165, 1.54) is 12.8 Å². The van der Waals surface area contributed by atoms with E-state index in [1.807, 2.05) is 43.6 Å². The molecule has 1 aromatic carbocycles. The van der Waals surface area contributed by atoms with Crippen molar-refractivity contribution in [2.45, 2.75) is 43.9 Å². The largest absolute Gasteiger partial charge is 0.493 e. The lowest BCUT2D eigenvalue weighted by Gasteiger charge is -2.34. The van der Waals surface area contributed by atoms with Gasteiger partial charge in [0.2, 0.25) is 5.91 Å². The smallest absolute Gasteiger partial charge is 0.230 e. The van der Waals surface area contributed by atoms with Gasteiger partial charge in [0.1, 0.15) is 11.6 Å². The number of nitrogens with one attached hydrogen (secondary N) is 1. The van der Waals surface area contributed by atoms with Gasteiger partial charge < -0.3 is 10.1 Å². The van der Waals surface area contributed by atoms with E-state index in [2.05, 4.69) is 15.3 Å². The summed E-state index contributed by atoms with van der Waals surface area (Å²) in [7, 11) is 0. The van der Waals surface area contributed by atoms with Gasteiger partial charge in [-0.3, -0.25) is 4.79 Å². The van der Waals surface area contributed by atoms with Crippen molar-refractivity contribution in [1.82, 2.24) is 15.3 Å². The number of hydrogen-bond donors (Lipinski definition) is 1. The monoisotopic (exact) mass is 337 g/mol. The number of benzene rings is 1. The fourth-order valence-electron chi connectivity index (χ4n) is 3.35. The lowest BCUT2D eigenvalue weighted by atomic mass is 9.77. The van der Waals surface area contributed by atoms with Crippen LogP contribution < -0.4 is 10.1 Å². The third kappa shape index (κ3) is 3.23. The Morgan fingerprint density at radius 1 is 1.28 bits per heavy atom. The Morgan fingerprint density at radius 3 is 2.80 bits per heavy atom. The Kier molecular flexibility index (Phi) is 4.15. The van der Waals surface area contributed by atoms with Crippen molar-refractivity contribution in [2.24, 2.45) is 0 Å². The van der Waals surface area contributed by atoms with Crippen molar-refractivity contribution < 1.29 is 9.53 Å². The number of nitrogens with zero attached hydrogens (tertiary/aromatic N) is 2. The van der Waals surface area contributed by atoms with Crippen LogP contribution in [-0.2, 0) is 16.6 Å². The maximum Gasteiger partial charge on any atom is 0.230 e. The highest BCUT2D eigenvalue weighted by Crippen LogP contribution is 2.39. The summed E-state index contributed by atoms with van der Waals surface area (Å²) in [6, 6.07) is 7.81. The van der Waals surface area contributed by atoms with E-state index in [0.717, 1.165) is 29.1 Å². The van der Waals surface area contributed by atoms with Crippen molar-refractivity contribution in [1.29, 1.82) is 0 Å². The number of carbonyl (C=O) groups excluding carboxylic acids is 1. The van der Waals surface area contributed by atoms with Gasteiger partial charge in [-0.05, 0) is 44.2 Å². The first-order valence-corrected chi connectivity index (χ1v) is 8.98. The van der Waals surface area contributed by atoms with Crippen molar-refractivity contribution >= 4 is 5.91 Å². The van der Waals surface area contributed by atoms with Crippen LogP contribution in [0.2, 0.25) is 0 Å². The van der Waals surface area contributed by atoms with Crippen molar-refractivity contribution in [3.8, 4) is 5.75 Å².